The van der Waals surface area contributed by atoms with Gasteiger partial charge < -0.3 is 10.0 Å². The number of carbonyl (C=O) groups excluding carboxylic acids is 3. The summed E-state index contributed by atoms with van der Waals surface area (Å²) in [6.45, 7) is 0. The summed E-state index contributed by atoms with van der Waals surface area (Å²) in [5.41, 5.74) is 0.563. The van der Waals surface area contributed by atoms with Crippen molar-refractivity contribution in [2.45, 2.75) is 43.8 Å². The number of nitrogens with zero attached hydrogens (tertiary/aromatic N) is 2. The van der Waals surface area contributed by atoms with E-state index < -0.39 is 35.8 Å². The Morgan fingerprint density at radius 3 is 2.19 bits per heavy atom. The van der Waals surface area contributed by atoms with E-state index in [4.69, 9.17) is 0 Å². The van der Waals surface area contributed by atoms with Crippen LogP contribution in [-0.2, 0) is 9.59 Å². The van der Waals surface area contributed by atoms with Gasteiger partial charge in [-0.3, -0.25) is 19.3 Å². The minimum Gasteiger partial charge on any atom is -0.480 e. The van der Waals surface area contributed by atoms with E-state index in [0.717, 1.165) is 4.90 Å². The number of fused-ring (bicyclic) bond motifs is 2. The van der Waals surface area contributed by atoms with Crippen LogP contribution >= 0.6 is 0 Å². The third-order valence-electron chi connectivity index (χ3n) is 5.40. The molecule has 1 fully saturated rings. The SMILES string of the molecule is O=C(O)[C@@H]1CC[C@H]2C/C=C\C[C@H](N3C(=O)c4ccccc4C3=O)C(=O)N21. The fourth-order valence-corrected chi connectivity index (χ4v) is 4.15. The Balaban J connectivity index is 1.72. The first kappa shape index (κ1) is 16.5. The van der Waals surface area contributed by atoms with E-state index in [1.807, 2.05) is 6.08 Å². The minimum atomic E-state index is -1.05. The molecule has 1 saturated heterocycles. The van der Waals surface area contributed by atoms with E-state index in [9.17, 15) is 24.3 Å². The first-order valence-corrected chi connectivity index (χ1v) is 8.67. The van der Waals surface area contributed by atoms with E-state index in [0.29, 0.717) is 19.3 Å². The molecule has 7 heteroatoms. The Hall–Kier alpha value is -2.96. The molecule has 3 amide bonds. The van der Waals surface area contributed by atoms with Crippen LogP contribution in [0.25, 0.3) is 0 Å². The van der Waals surface area contributed by atoms with Crippen molar-refractivity contribution in [3.05, 3.63) is 47.5 Å². The van der Waals surface area contributed by atoms with Crippen LogP contribution in [0.3, 0.4) is 0 Å². The molecule has 7 nitrogen and oxygen atoms in total. The van der Waals surface area contributed by atoms with E-state index in [1.54, 1.807) is 30.3 Å². The Morgan fingerprint density at radius 1 is 0.962 bits per heavy atom. The van der Waals surface area contributed by atoms with Gasteiger partial charge in [0, 0.05) is 6.04 Å². The quantitative estimate of drug-likeness (QED) is 0.641. The van der Waals surface area contributed by atoms with Crippen LogP contribution in [0.2, 0.25) is 0 Å². The highest BCUT2D eigenvalue weighted by Gasteiger charge is 2.48. The topological polar surface area (TPSA) is 95.0 Å². The predicted octanol–water partition coefficient (Wildman–Crippen LogP) is 1.45. The Kier molecular flexibility index (Phi) is 3.86. The second kappa shape index (κ2) is 6.09. The van der Waals surface area contributed by atoms with Gasteiger partial charge in [-0.25, -0.2) is 4.79 Å². The average molecular weight is 354 g/mol. The number of hydrogen-bond acceptors (Lipinski definition) is 4. The van der Waals surface area contributed by atoms with Crippen molar-refractivity contribution in [2.24, 2.45) is 0 Å². The third kappa shape index (κ3) is 2.34. The first-order chi connectivity index (χ1) is 12.5. The van der Waals surface area contributed by atoms with Crippen LogP contribution in [0.15, 0.2) is 36.4 Å². The van der Waals surface area contributed by atoms with Crippen LogP contribution in [0.4, 0.5) is 0 Å². The molecule has 0 spiro atoms. The highest BCUT2D eigenvalue weighted by atomic mass is 16.4. The number of carboxylic acids is 1. The zero-order chi connectivity index (χ0) is 18.4. The van der Waals surface area contributed by atoms with Gasteiger partial charge in [-0.2, -0.15) is 0 Å². The number of aliphatic carboxylic acids is 1. The molecule has 0 saturated carbocycles. The maximum absolute atomic E-state index is 13.2. The van der Waals surface area contributed by atoms with Crippen LogP contribution in [-0.4, -0.2) is 56.7 Å². The summed E-state index contributed by atoms with van der Waals surface area (Å²) in [7, 11) is 0. The van der Waals surface area contributed by atoms with Gasteiger partial charge in [0.2, 0.25) is 5.91 Å². The van der Waals surface area contributed by atoms with Crippen LogP contribution < -0.4 is 0 Å². The number of hydrogen-bond donors (Lipinski definition) is 1. The fourth-order valence-electron chi connectivity index (χ4n) is 4.15. The summed E-state index contributed by atoms with van der Waals surface area (Å²) in [6, 6.07) is 4.35. The van der Waals surface area contributed by atoms with Crippen molar-refractivity contribution in [1.29, 1.82) is 0 Å². The monoisotopic (exact) mass is 354 g/mol. The van der Waals surface area contributed by atoms with Crippen molar-refractivity contribution in [3.8, 4) is 0 Å². The molecule has 0 radical (unpaired) electrons. The third-order valence-corrected chi connectivity index (χ3v) is 5.40. The van der Waals surface area contributed by atoms with Gasteiger partial charge in [0.15, 0.2) is 0 Å². The number of amides is 3. The molecule has 0 aromatic heterocycles. The lowest BCUT2D eigenvalue weighted by atomic mass is 10.0. The normalized spacial score (nSPS) is 29.2. The number of carbonyl (C=O) groups is 4. The van der Waals surface area contributed by atoms with Gasteiger partial charge in [0.1, 0.15) is 12.1 Å². The molecule has 0 unspecified atom stereocenters. The molecule has 26 heavy (non-hydrogen) atoms. The fraction of sp³-hybridized carbons (Fsp3) is 0.368. The lowest BCUT2D eigenvalue weighted by Gasteiger charge is -2.35. The molecule has 3 aliphatic rings. The molecular weight excluding hydrogens is 336 g/mol. The Labute approximate surface area is 149 Å². The minimum absolute atomic E-state index is 0.194. The lowest BCUT2D eigenvalue weighted by Crippen LogP contribution is -2.55. The van der Waals surface area contributed by atoms with E-state index in [-0.39, 0.29) is 23.6 Å². The summed E-state index contributed by atoms with van der Waals surface area (Å²) in [5, 5.41) is 9.47. The number of imide groups is 1. The highest BCUT2D eigenvalue weighted by molar-refractivity contribution is 6.22. The number of benzene rings is 1. The zero-order valence-electron chi connectivity index (χ0n) is 14.0. The van der Waals surface area contributed by atoms with Gasteiger partial charge in [0.25, 0.3) is 11.8 Å². The lowest BCUT2D eigenvalue weighted by molar-refractivity contribution is -0.151. The van der Waals surface area contributed by atoms with E-state index in [1.165, 1.54) is 4.90 Å². The molecule has 3 atom stereocenters. The van der Waals surface area contributed by atoms with Gasteiger partial charge in [-0.05, 0) is 37.8 Å². The number of rotatable bonds is 2. The second-order valence-corrected chi connectivity index (χ2v) is 6.82. The molecule has 1 N–H and O–H groups in total. The zero-order valence-corrected chi connectivity index (χ0v) is 14.0. The van der Waals surface area contributed by atoms with Crippen molar-refractivity contribution >= 4 is 23.7 Å². The summed E-state index contributed by atoms with van der Waals surface area (Å²) in [4.78, 5) is 52.7. The van der Waals surface area contributed by atoms with Crippen molar-refractivity contribution < 1.29 is 24.3 Å². The van der Waals surface area contributed by atoms with Gasteiger partial charge in [-0.15, -0.1) is 0 Å². The molecule has 0 bridgehead atoms. The first-order valence-electron chi connectivity index (χ1n) is 8.67. The Bertz CT molecular complexity index is 811. The molecule has 1 aromatic rings. The molecule has 3 heterocycles. The molecule has 0 aliphatic carbocycles. The average Bonchev–Trinajstić information content (AvgIpc) is 3.14. The Morgan fingerprint density at radius 2 is 1.58 bits per heavy atom. The van der Waals surface area contributed by atoms with Gasteiger partial charge >= 0.3 is 5.97 Å². The van der Waals surface area contributed by atoms with E-state index >= 15 is 0 Å². The molecule has 134 valence electrons. The van der Waals surface area contributed by atoms with Crippen LogP contribution in [0.1, 0.15) is 46.4 Å². The van der Waals surface area contributed by atoms with Crippen LogP contribution in [0, 0.1) is 0 Å². The molecule has 4 rings (SSSR count). The van der Waals surface area contributed by atoms with Crippen molar-refractivity contribution in [2.75, 3.05) is 0 Å². The smallest absolute Gasteiger partial charge is 0.326 e. The number of carboxylic acid groups (broad SMARTS) is 1. The molecule has 1 aromatic carbocycles. The predicted molar refractivity (Wildman–Crippen MR) is 90.4 cm³/mol. The summed E-state index contributed by atoms with van der Waals surface area (Å²) in [6.07, 6.45) is 5.47. The summed E-state index contributed by atoms with van der Waals surface area (Å²) < 4.78 is 0. The highest BCUT2D eigenvalue weighted by Crippen LogP contribution is 2.33. The van der Waals surface area contributed by atoms with E-state index in [2.05, 4.69) is 0 Å². The van der Waals surface area contributed by atoms with Gasteiger partial charge in [0.05, 0.1) is 11.1 Å². The standard InChI is InChI=1S/C19H18N2O5/c22-16-12-6-2-3-7-13(12)17(23)21(16)14-8-4-1-5-11-9-10-15(19(25)26)20(11)18(14)24/h1-4,6-7,11,14-15H,5,8-10H2,(H,25,26)/b4-1-/t11-,14+,15+/m1/s1. The maximum atomic E-state index is 13.2. The van der Waals surface area contributed by atoms with Crippen LogP contribution in [0.5, 0.6) is 0 Å². The second-order valence-electron chi connectivity index (χ2n) is 6.82. The molecular formula is C19H18N2O5. The van der Waals surface area contributed by atoms with Crippen molar-refractivity contribution in [3.63, 3.8) is 0 Å². The maximum Gasteiger partial charge on any atom is 0.326 e. The summed E-state index contributed by atoms with van der Waals surface area (Å²) in [5.74, 6) is -2.51. The molecule has 3 aliphatic heterocycles. The summed E-state index contributed by atoms with van der Waals surface area (Å²) >= 11 is 0. The van der Waals surface area contributed by atoms with Crippen molar-refractivity contribution in [1.82, 2.24) is 9.80 Å². The van der Waals surface area contributed by atoms with Gasteiger partial charge in [-0.1, -0.05) is 24.3 Å². The largest absolute Gasteiger partial charge is 0.480 e.